The van der Waals surface area contributed by atoms with Crippen molar-refractivity contribution in [2.45, 2.75) is 50.2 Å². The number of carbonyl (C=O) groups excluding carboxylic acids is 3. The van der Waals surface area contributed by atoms with Crippen LogP contribution in [0.5, 0.6) is 0 Å². The van der Waals surface area contributed by atoms with Crippen molar-refractivity contribution < 1.29 is 19.1 Å². The van der Waals surface area contributed by atoms with Gasteiger partial charge in [-0.1, -0.05) is 25.7 Å². The second-order valence-electron chi connectivity index (χ2n) is 6.22. The summed E-state index contributed by atoms with van der Waals surface area (Å²) < 4.78 is 5.35. The number of nitrogens with zero attached hydrogens (tertiary/aromatic N) is 1. The molecule has 3 aliphatic rings. The van der Waals surface area contributed by atoms with Gasteiger partial charge in [0.25, 0.3) is 5.91 Å². The normalized spacial score (nSPS) is 32.7. The van der Waals surface area contributed by atoms with Gasteiger partial charge >= 0.3 is 0 Å². The molecule has 1 saturated carbocycles. The highest BCUT2D eigenvalue weighted by Crippen LogP contribution is 2.38. The van der Waals surface area contributed by atoms with Gasteiger partial charge in [-0.2, -0.15) is 0 Å². The van der Waals surface area contributed by atoms with Crippen LogP contribution in [0.2, 0.25) is 0 Å². The van der Waals surface area contributed by atoms with Crippen LogP contribution in [-0.2, 0) is 19.1 Å². The third kappa shape index (κ3) is 2.16. The van der Waals surface area contributed by atoms with Crippen molar-refractivity contribution in [3.05, 3.63) is 6.42 Å². The van der Waals surface area contributed by atoms with Crippen molar-refractivity contribution in [3.63, 3.8) is 0 Å². The number of fused-ring (bicyclic) bond motifs is 1. The van der Waals surface area contributed by atoms with Crippen molar-refractivity contribution in [2.24, 2.45) is 11.7 Å². The van der Waals surface area contributed by atoms with Crippen LogP contribution in [0, 0.1) is 12.3 Å². The number of amides is 2. The Morgan fingerprint density at radius 2 is 2.05 bits per heavy atom. The molecule has 115 valence electrons. The fourth-order valence-corrected chi connectivity index (χ4v) is 3.96. The van der Waals surface area contributed by atoms with Gasteiger partial charge in [0.2, 0.25) is 11.4 Å². The number of carbonyl (C=O) groups is 3. The first-order valence-corrected chi connectivity index (χ1v) is 7.66. The number of Topliss-reactive ketones (excluding diaryl/α,β-unsaturated/α-hetero) is 1. The van der Waals surface area contributed by atoms with Gasteiger partial charge in [0.1, 0.15) is 6.61 Å². The lowest BCUT2D eigenvalue weighted by molar-refractivity contribution is -0.148. The minimum Gasteiger partial charge on any atom is -0.367 e. The summed E-state index contributed by atoms with van der Waals surface area (Å²) in [7, 11) is 0. The number of likely N-dealkylation sites (tertiary alicyclic amines) is 1. The van der Waals surface area contributed by atoms with Crippen LogP contribution in [0.15, 0.2) is 0 Å². The number of rotatable bonds is 4. The van der Waals surface area contributed by atoms with Gasteiger partial charge in [0, 0.05) is 6.54 Å². The number of hydrogen-bond donors (Lipinski definition) is 1. The van der Waals surface area contributed by atoms with E-state index in [9.17, 15) is 14.4 Å². The molecule has 0 spiro atoms. The molecule has 3 fully saturated rings. The van der Waals surface area contributed by atoms with Gasteiger partial charge < -0.3 is 15.4 Å². The summed E-state index contributed by atoms with van der Waals surface area (Å²) in [5.41, 5.74) is 3.90. The first-order chi connectivity index (χ1) is 10.1. The van der Waals surface area contributed by atoms with E-state index in [0.29, 0.717) is 25.3 Å². The topological polar surface area (TPSA) is 89.7 Å². The Bertz CT molecular complexity index is 472. The summed E-state index contributed by atoms with van der Waals surface area (Å²) in [6.07, 6.45) is 6.97. The second-order valence-corrected chi connectivity index (χ2v) is 6.22. The fraction of sp³-hybridized carbons (Fsp3) is 0.733. The van der Waals surface area contributed by atoms with Crippen LogP contribution < -0.4 is 5.73 Å². The molecule has 3 rings (SSSR count). The molecular formula is C15H21N2O4. The fourth-order valence-electron chi connectivity index (χ4n) is 3.96. The van der Waals surface area contributed by atoms with Crippen LogP contribution in [0.1, 0.15) is 38.5 Å². The maximum absolute atomic E-state index is 12.5. The molecule has 0 aromatic carbocycles. The zero-order valence-corrected chi connectivity index (χ0v) is 12.0. The molecule has 2 aliphatic heterocycles. The predicted octanol–water partition coefficient (Wildman–Crippen LogP) is 0.195. The zero-order valence-electron chi connectivity index (χ0n) is 12.0. The highest BCUT2D eigenvalue weighted by Gasteiger charge is 2.64. The van der Waals surface area contributed by atoms with Gasteiger partial charge in [0.05, 0.1) is 12.5 Å². The van der Waals surface area contributed by atoms with E-state index >= 15 is 0 Å². The molecule has 0 aromatic heterocycles. The van der Waals surface area contributed by atoms with E-state index in [1.165, 1.54) is 17.7 Å². The van der Waals surface area contributed by atoms with Crippen molar-refractivity contribution in [1.82, 2.24) is 4.90 Å². The van der Waals surface area contributed by atoms with Crippen LogP contribution >= 0.6 is 0 Å². The smallest absolute Gasteiger partial charge is 0.254 e. The largest absolute Gasteiger partial charge is 0.367 e. The van der Waals surface area contributed by atoms with Gasteiger partial charge in [0.15, 0.2) is 5.78 Å². The number of hydrogen-bond acceptors (Lipinski definition) is 4. The van der Waals surface area contributed by atoms with Crippen molar-refractivity contribution >= 4 is 17.6 Å². The molecule has 0 aromatic rings. The third-order valence-electron chi connectivity index (χ3n) is 5.09. The minimum atomic E-state index is -1.57. The van der Waals surface area contributed by atoms with Gasteiger partial charge in [-0.3, -0.25) is 14.4 Å². The van der Waals surface area contributed by atoms with Gasteiger partial charge in [-0.25, -0.2) is 0 Å². The Morgan fingerprint density at radius 3 is 2.71 bits per heavy atom. The third-order valence-corrected chi connectivity index (χ3v) is 5.09. The molecule has 1 radical (unpaired) electrons. The Balaban J connectivity index is 1.72. The van der Waals surface area contributed by atoms with Crippen molar-refractivity contribution in [2.75, 3.05) is 13.2 Å². The average Bonchev–Trinajstić information content (AvgIpc) is 3.13. The predicted molar refractivity (Wildman–Crippen MR) is 73.9 cm³/mol. The lowest BCUT2D eigenvalue weighted by atomic mass is 9.89. The molecule has 21 heavy (non-hydrogen) atoms. The van der Waals surface area contributed by atoms with Crippen LogP contribution in [0.25, 0.3) is 0 Å². The maximum atomic E-state index is 12.5. The highest BCUT2D eigenvalue weighted by molar-refractivity contribution is 6.15. The monoisotopic (exact) mass is 293 g/mol. The summed E-state index contributed by atoms with van der Waals surface area (Å²) >= 11 is 0. The summed E-state index contributed by atoms with van der Waals surface area (Å²) in [5.74, 6) is -0.871. The molecule has 2 atom stereocenters. The van der Waals surface area contributed by atoms with E-state index in [1.807, 2.05) is 0 Å². The quantitative estimate of drug-likeness (QED) is 0.750. The minimum absolute atomic E-state index is 0.139. The van der Waals surface area contributed by atoms with E-state index in [4.69, 9.17) is 10.5 Å². The Kier molecular flexibility index (Phi) is 3.73. The average molecular weight is 293 g/mol. The number of ketones is 1. The SMILES string of the molecule is NC(=O)C12C(=O)CO[C@H]1CCN2C(=O)[CH]CC1CCCC1. The van der Waals surface area contributed by atoms with E-state index in [2.05, 4.69) is 0 Å². The Morgan fingerprint density at radius 1 is 1.33 bits per heavy atom. The van der Waals surface area contributed by atoms with Crippen LogP contribution in [0.4, 0.5) is 0 Å². The number of nitrogens with two attached hydrogens (primary N) is 1. The van der Waals surface area contributed by atoms with Crippen LogP contribution in [-0.4, -0.2) is 47.3 Å². The molecule has 1 aliphatic carbocycles. The molecule has 1 unspecified atom stereocenters. The van der Waals surface area contributed by atoms with Crippen LogP contribution in [0.3, 0.4) is 0 Å². The number of primary amides is 1. The molecule has 2 amide bonds. The second kappa shape index (κ2) is 5.40. The lowest BCUT2D eigenvalue weighted by Gasteiger charge is -2.32. The maximum Gasteiger partial charge on any atom is 0.254 e. The first-order valence-electron chi connectivity index (χ1n) is 7.66. The summed E-state index contributed by atoms with van der Waals surface area (Å²) in [5, 5.41) is 0. The zero-order chi connectivity index (χ0) is 15.0. The summed E-state index contributed by atoms with van der Waals surface area (Å²) in [4.78, 5) is 37.9. The molecule has 6 heteroatoms. The van der Waals surface area contributed by atoms with Gasteiger partial charge in [-0.15, -0.1) is 0 Å². The highest BCUT2D eigenvalue weighted by atomic mass is 16.5. The van der Waals surface area contributed by atoms with E-state index in [0.717, 1.165) is 12.8 Å². The molecule has 2 N–H and O–H groups in total. The molecular weight excluding hydrogens is 272 g/mol. The molecule has 2 heterocycles. The number of ether oxygens (including phenoxy) is 1. The van der Waals surface area contributed by atoms with E-state index in [1.54, 1.807) is 6.42 Å². The van der Waals surface area contributed by atoms with Crippen molar-refractivity contribution in [1.29, 1.82) is 0 Å². The van der Waals surface area contributed by atoms with E-state index in [-0.39, 0.29) is 18.3 Å². The van der Waals surface area contributed by atoms with Gasteiger partial charge in [-0.05, 0) is 18.8 Å². The Hall–Kier alpha value is -1.43. The molecule has 6 nitrogen and oxygen atoms in total. The summed E-state index contributed by atoms with van der Waals surface area (Å²) in [6.45, 7) is 0.208. The van der Waals surface area contributed by atoms with E-state index < -0.39 is 17.6 Å². The molecule has 0 bridgehead atoms. The first kappa shape index (κ1) is 14.5. The van der Waals surface area contributed by atoms with Crippen molar-refractivity contribution in [3.8, 4) is 0 Å². The summed E-state index contributed by atoms with van der Waals surface area (Å²) in [6, 6.07) is 0. The lowest BCUT2D eigenvalue weighted by Crippen LogP contribution is -2.63. The molecule has 2 saturated heterocycles. The Labute approximate surface area is 124 Å². The standard InChI is InChI=1S/C15H21N2O4/c16-14(20)15-11(18)9-21-12(15)7-8-17(15)13(19)6-5-10-3-1-2-4-10/h6,10,12H,1-5,7-9H2,(H2,16,20)/t12-,15?/m0/s1.